The molecule has 6 heteroatoms. The highest BCUT2D eigenvalue weighted by Crippen LogP contribution is 2.28. The topological polar surface area (TPSA) is 84.3 Å². The van der Waals surface area contributed by atoms with Gasteiger partial charge in [-0.15, -0.1) is 0 Å². The molecule has 0 unspecified atom stereocenters. The highest BCUT2D eigenvalue weighted by molar-refractivity contribution is 6.04. The molecule has 2 aromatic carbocycles. The number of fused-ring (bicyclic) bond motifs is 1. The molecule has 2 aromatic rings. The van der Waals surface area contributed by atoms with Gasteiger partial charge in [-0.3, -0.25) is 20.3 Å². The maximum atomic E-state index is 12.0. The number of rotatable bonds is 2. The van der Waals surface area contributed by atoms with E-state index in [1.807, 2.05) is 32.0 Å². The third kappa shape index (κ3) is 2.33. The van der Waals surface area contributed by atoms with Crippen LogP contribution in [0.5, 0.6) is 0 Å². The molecule has 1 fully saturated rings. The number of hydrazine groups is 1. The van der Waals surface area contributed by atoms with Crippen LogP contribution >= 0.6 is 0 Å². The van der Waals surface area contributed by atoms with Gasteiger partial charge >= 0.3 is 0 Å². The van der Waals surface area contributed by atoms with Crippen LogP contribution in [0.2, 0.25) is 0 Å². The number of nitro benzene ring substituents is 1. The molecular formula is C16H15N3O3. The number of hydrogen-bond donors (Lipinski definition) is 2. The first-order chi connectivity index (χ1) is 10.4. The summed E-state index contributed by atoms with van der Waals surface area (Å²) in [4.78, 5) is 22.5. The number of carbonyl (C=O) groups excluding carboxylic acids is 1. The number of nitro groups is 1. The van der Waals surface area contributed by atoms with Gasteiger partial charge in [-0.25, -0.2) is 5.43 Å². The predicted molar refractivity (Wildman–Crippen MR) is 83.9 cm³/mol. The van der Waals surface area contributed by atoms with E-state index >= 15 is 0 Å². The standard InChI is InChI=1S/C16H15N3O3/c1-16(2)14(15(20)17-18-16)8-11-5-3-4-10-6-7-12(19(21)22)9-13(10)11/h3-9,18H,1-2H3,(H,17,20)/b14-8+. The number of benzene rings is 2. The Morgan fingerprint density at radius 2 is 2.00 bits per heavy atom. The summed E-state index contributed by atoms with van der Waals surface area (Å²) >= 11 is 0. The van der Waals surface area contributed by atoms with Crippen LogP contribution in [0.25, 0.3) is 16.8 Å². The lowest BCUT2D eigenvalue weighted by Crippen LogP contribution is -2.38. The molecule has 0 bridgehead atoms. The molecule has 0 radical (unpaired) electrons. The maximum absolute atomic E-state index is 12.0. The summed E-state index contributed by atoms with van der Waals surface area (Å²) in [6, 6.07) is 10.3. The average molecular weight is 297 g/mol. The summed E-state index contributed by atoms with van der Waals surface area (Å²) in [5.74, 6) is -0.188. The molecule has 0 aliphatic carbocycles. The van der Waals surface area contributed by atoms with Crippen LogP contribution in [0.3, 0.4) is 0 Å². The lowest BCUT2D eigenvalue weighted by atomic mass is 9.92. The van der Waals surface area contributed by atoms with Crippen LogP contribution in [0.4, 0.5) is 5.69 Å². The Hall–Kier alpha value is -2.73. The summed E-state index contributed by atoms with van der Waals surface area (Å²) in [6.45, 7) is 3.79. The molecule has 6 nitrogen and oxygen atoms in total. The van der Waals surface area contributed by atoms with Gasteiger partial charge in [0.1, 0.15) is 0 Å². The Labute approximate surface area is 126 Å². The molecule has 3 rings (SSSR count). The summed E-state index contributed by atoms with van der Waals surface area (Å²) < 4.78 is 0. The van der Waals surface area contributed by atoms with E-state index in [1.54, 1.807) is 12.1 Å². The number of nitrogens with one attached hydrogen (secondary N) is 2. The van der Waals surface area contributed by atoms with Crippen molar-refractivity contribution in [2.24, 2.45) is 0 Å². The van der Waals surface area contributed by atoms with Gasteiger partial charge in [0.15, 0.2) is 0 Å². The van der Waals surface area contributed by atoms with Crippen molar-refractivity contribution in [1.29, 1.82) is 0 Å². The maximum Gasteiger partial charge on any atom is 0.270 e. The first kappa shape index (κ1) is 14.2. The van der Waals surface area contributed by atoms with Crippen molar-refractivity contribution in [1.82, 2.24) is 10.9 Å². The number of non-ortho nitro benzene ring substituents is 1. The molecule has 0 saturated carbocycles. The second-order valence-corrected chi connectivity index (χ2v) is 5.77. The molecule has 2 N–H and O–H groups in total. The lowest BCUT2D eigenvalue weighted by molar-refractivity contribution is -0.384. The first-order valence-corrected chi connectivity index (χ1v) is 6.85. The molecule has 22 heavy (non-hydrogen) atoms. The van der Waals surface area contributed by atoms with E-state index in [2.05, 4.69) is 10.9 Å². The Bertz CT molecular complexity index is 824. The van der Waals surface area contributed by atoms with Crippen LogP contribution in [0.1, 0.15) is 19.4 Å². The van der Waals surface area contributed by atoms with Crippen molar-refractivity contribution in [3.8, 4) is 0 Å². The van der Waals surface area contributed by atoms with E-state index in [4.69, 9.17) is 0 Å². The Morgan fingerprint density at radius 1 is 1.23 bits per heavy atom. The number of hydrogen-bond acceptors (Lipinski definition) is 4. The van der Waals surface area contributed by atoms with Crippen LogP contribution in [0.15, 0.2) is 42.0 Å². The van der Waals surface area contributed by atoms with Gasteiger partial charge in [0.25, 0.3) is 11.6 Å². The highest BCUT2D eigenvalue weighted by atomic mass is 16.6. The van der Waals surface area contributed by atoms with Gasteiger partial charge in [0.05, 0.1) is 10.5 Å². The van der Waals surface area contributed by atoms with E-state index < -0.39 is 10.5 Å². The first-order valence-electron chi connectivity index (χ1n) is 6.85. The predicted octanol–water partition coefficient (Wildman–Crippen LogP) is 2.54. The largest absolute Gasteiger partial charge is 0.287 e. The summed E-state index contributed by atoms with van der Waals surface area (Å²) in [6.07, 6.45) is 1.78. The molecule has 1 amide bonds. The van der Waals surface area contributed by atoms with Crippen molar-refractivity contribution >= 4 is 28.4 Å². The zero-order chi connectivity index (χ0) is 15.9. The summed E-state index contributed by atoms with van der Waals surface area (Å²) in [5, 5.41) is 12.6. The molecule has 1 saturated heterocycles. The van der Waals surface area contributed by atoms with Gasteiger partial charge in [0.2, 0.25) is 0 Å². The average Bonchev–Trinajstić information content (AvgIpc) is 2.74. The highest BCUT2D eigenvalue weighted by Gasteiger charge is 2.35. The SMILES string of the molecule is CC1(C)NNC(=O)/C1=C\c1cccc2ccc([N+](=O)[O-])cc12. The van der Waals surface area contributed by atoms with Crippen molar-refractivity contribution in [3.63, 3.8) is 0 Å². The number of carbonyl (C=O) groups is 1. The number of amides is 1. The number of nitrogens with zero attached hydrogens (tertiary/aromatic N) is 1. The van der Waals surface area contributed by atoms with Crippen LogP contribution in [-0.4, -0.2) is 16.4 Å². The monoisotopic (exact) mass is 297 g/mol. The van der Waals surface area contributed by atoms with Gasteiger partial charge in [-0.1, -0.05) is 18.2 Å². The van der Waals surface area contributed by atoms with E-state index in [0.717, 1.165) is 16.3 Å². The van der Waals surface area contributed by atoms with Crippen molar-refractivity contribution in [2.45, 2.75) is 19.4 Å². The van der Waals surface area contributed by atoms with E-state index in [9.17, 15) is 14.9 Å². The molecule has 1 aliphatic rings. The Balaban J connectivity index is 2.20. The molecule has 1 aliphatic heterocycles. The smallest absolute Gasteiger partial charge is 0.270 e. The molecule has 1 heterocycles. The fraction of sp³-hybridized carbons (Fsp3) is 0.188. The molecule has 0 spiro atoms. The fourth-order valence-corrected chi connectivity index (χ4v) is 2.56. The van der Waals surface area contributed by atoms with Gasteiger partial charge < -0.3 is 0 Å². The molecular weight excluding hydrogens is 282 g/mol. The zero-order valence-corrected chi connectivity index (χ0v) is 12.2. The van der Waals surface area contributed by atoms with Crippen molar-refractivity contribution in [3.05, 3.63) is 57.6 Å². The second kappa shape index (κ2) is 4.92. The van der Waals surface area contributed by atoms with Crippen LogP contribution < -0.4 is 10.9 Å². The zero-order valence-electron chi connectivity index (χ0n) is 12.2. The third-order valence-corrected chi connectivity index (χ3v) is 3.82. The normalized spacial score (nSPS) is 18.6. The van der Waals surface area contributed by atoms with Gasteiger partial charge in [-0.2, -0.15) is 0 Å². The molecule has 0 aromatic heterocycles. The Morgan fingerprint density at radius 3 is 2.64 bits per heavy atom. The third-order valence-electron chi connectivity index (χ3n) is 3.82. The molecule has 112 valence electrons. The fourth-order valence-electron chi connectivity index (χ4n) is 2.56. The van der Waals surface area contributed by atoms with Gasteiger partial charge in [-0.05, 0) is 42.3 Å². The Kier molecular flexibility index (Phi) is 3.18. The minimum absolute atomic E-state index is 0.0339. The van der Waals surface area contributed by atoms with Crippen molar-refractivity contribution < 1.29 is 9.72 Å². The summed E-state index contributed by atoms with van der Waals surface area (Å²) in [5.41, 5.74) is 6.41. The van der Waals surface area contributed by atoms with E-state index in [1.165, 1.54) is 12.1 Å². The van der Waals surface area contributed by atoms with Gasteiger partial charge in [0, 0.05) is 17.7 Å². The van der Waals surface area contributed by atoms with E-state index in [0.29, 0.717) is 5.57 Å². The van der Waals surface area contributed by atoms with Crippen molar-refractivity contribution in [2.75, 3.05) is 0 Å². The lowest BCUT2D eigenvalue weighted by Gasteiger charge is -2.17. The summed E-state index contributed by atoms with van der Waals surface area (Å²) in [7, 11) is 0. The quantitative estimate of drug-likeness (QED) is 0.507. The van der Waals surface area contributed by atoms with E-state index in [-0.39, 0.29) is 11.6 Å². The minimum atomic E-state index is -0.500. The van der Waals surface area contributed by atoms with Crippen LogP contribution in [0, 0.1) is 10.1 Å². The molecule has 0 atom stereocenters. The minimum Gasteiger partial charge on any atom is -0.287 e. The van der Waals surface area contributed by atoms with Crippen LogP contribution in [-0.2, 0) is 4.79 Å². The second-order valence-electron chi connectivity index (χ2n) is 5.77.